The minimum Gasteiger partial charge on any atom is -0.493 e. The number of nitrogens with two attached hydrogens (primary N) is 1. The van der Waals surface area contributed by atoms with E-state index >= 15 is 0 Å². The molecule has 0 amide bonds. The zero-order valence-corrected chi connectivity index (χ0v) is 11.2. The quantitative estimate of drug-likeness (QED) is 0.727. The van der Waals surface area contributed by atoms with Crippen LogP contribution in [0.5, 0.6) is 5.75 Å². The molecule has 1 aliphatic carbocycles. The molecule has 4 N–H and O–H groups in total. The third kappa shape index (κ3) is 3.26. The number of rotatable bonds is 6. The van der Waals surface area contributed by atoms with Crippen LogP contribution >= 0.6 is 0 Å². The molecule has 0 spiro atoms. The van der Waals surface area contributed by atoms with Gasteiger partial charge in [-0.15, -0.1) is 0 Å². The van der Waals surface area contributed by atoms with Crippen LogP contribution < -0.4 is 10.5 Å². The van der Waals surface area contributed by atoms with Gasteiger partial charge in [0.15, 0.2) is 0 Å². The molecule has 0 radical (unpaired) electrons. The Bertz CT molecular complexity index is 410. The molecule has 0 aromatic heterocycles. The zero-order valence-electron chi connectivity index (χ0n) is 11.2. The van der Waals surface area contributed by atoms with Crippen molar-refractivity contribution in [2.45, 2.75) is 37.8 Å². The summed E-state index contributed by atoms with van der Waals surface area (Å²) in [6.45, 7) is 0.600. The van der Waals surface area contributed by atoms with Crippen LogP contribution in [0, 0.1) is 5.92 Å². The average molecular weight is 265 g/mol. The molecule has 0 bridgehead atoms. The van der Waals surface area contributed by atoms with Crippen molar-refractivity contribution in [1.29, 1.82) is 0 Å². The summed E-state index contributed by atoms with van der Waals surface area (Å²) < 4.78 is 5.73. The van der Waals surface area contributed by atoms with Crippen molar-refractivity contribution >= 4 is 0 Å². The van der Waals surface area contributed by atoms with Gasteiger partial charge in [0.2, 0.25) is 0 Å². The molecule has 1 aromatic carbocycles. The van der Waals surface area contributed by atoms with E-state index in [1.165, 1.54) is 0 Å². The Labute approximate surface area is 114 Å². The summed E-state index contributed by atoms with van der Waals surface area (Å²) in [7, 11) is 0. The lowest BCUT2D eigenvalue weighted by molar-refractivity contribution is 0.142. The van der Waals surface area contributed by atoms with Crippen LogP contribution in [0.4, 0.5) is 0 Å². The first-order valence-corrected chi connectivity index (χ1v) is 6.91. The Morgan fingerprint density at radius 2 is 2.11 bits per heavy atom. The van der Waals surface area contributed by atoms with Gasteiger partial charge in [-0.05, 0) is 31.2 Å². The van der Waals surface area contributed by atoms with E-state index in [0.717, 1.165) is 37.0 Å². The molecule has 2 unspecified atom stereocenters. The first-order valence-electron chi connectivity index (χ1n) is 6.91. The van der Waals surface area contributed by atoms with E-state index in [0.29, 0.717) is 12.5 Å². The summed E-state index contributed by atoms with van der Waals surface area (Å²) in [5.41, 5.74) is 6.56. The lowest BCUT2D eigenvalue weighted by Gasteiger charge is -2.29. The molecule has 0 aliphatic heterocycles. The lowest BCUT2D eigenvalue weighted by atomic mass is 9.87. The Balaban J connectivity index is 1.86. The van der Waals surface area contributed by atoms with Gasteiger partial charge in [0.25, 0.3) is 0 Å². The Morgan fingerprint density at radius 1 is 1.32 bits per heavy atom. The number of aliphatic hydroxyl groups excluding tert-OH is 2. The zero-order chi connectivity index (χ0) is 13.7. The van der Waals surface area contributed by atoms with Crippen LogP contribution in [0.1, 0.15) is 31.2 Å². The number of aliphatic hydroxyl groups is 2. The van der Waals surface area contributed by atoms with E-state index in [-0.39, 0.29) is 13.2 Å². The number of hydrogen-bond acceptors (Lipinski definition) is 4. The molecule has 4 heteroatoms. The highest BCUT2D eigenvalue weighted by atomic mass is 16.5. The van der Waals surface area contributed by atoms with E-state index in [9.17, 15) is 10.2 Å². The average Bonchev–Trinajstić information content (AvgIpc) is 2.81. The van der Waals surface area contributed by atoms with Crippen molar-refractivity contribution in [3.8, 4) is 5.75 Å². The fourth-order valence-electron chi connectivity index (χ4n) is 2.90. The highest BCUT2D eigenvalue weighted by Gasteiger charge is 2.38. The smallest absolute Gasteiger partial charge is 0.124 e. The number of para-hydroxylation sites is 1. The van der Waals surface area contributed by atoms with E-state index in [1.54, 1.807) is 0 Å². The SMILES string of the molecule is NC1(CO)CCCC1CCOc1ccccc1CO. The van der Waals surface area contributed by atoms with Crippen molar-refractivity contribution in [2.24, 2.45) is 11.7 Å². The largest absolute Gasteiger partial charge is 0.493 e. The Morgan fingerprint density at radius 3 is 2.84 bits per heavy atom. The molecule has 1 fully saturated rings. The standard InChI is InChI=1S/C15H23NO3/c16-15(11-18)8-3-5-13(15)7-9-19-14-6-2-1-4-12(14)10-17/h1-2,4,6,13,17-18H,3,5,7-11,16H2. The van der Waals surface area contributed by atoms with Gasteiger partial charge in [-0.25, -0.2) is 0 Å². The highest BCUT2D eigenvalue weighted by Crippen LogP contribution is 2.35. The van der Waals surface area contributed by atoms with Crippen molar-refractivity contribution in [3.05, 3.63) is 29.8 Å². The lowest BCUT2D eigenvalue weighted by Crippen LogP contribution is -2.47. The van der Waals surface area contributed by atoms with Crippen molar-refractivity contribution < 1.29 is 14.9 Å². The molecule has 1 aromatic rings. The maximum absolute atomic E-state index is 9.40. The van der Waals surface area contributed by atoms with Gasteiger partial charge in [-0.1, -0.05) is 24.6 Å². The Hall–Kier alpha value is -1.10. The van der Waals surface area contributed by atoms with Crippen molar-refractivity contribution in [2.75, 3.05) is 13.2 Å². The third-order valence-corrected chi connectivity index (χ3v) is 4.17. The molecule has 0 saturated heterocycles. The first kappa shape index (κ1) is 14.3. The fourth-order valence-corrected chi connectivity index (χ4v) is 2.90. The summed E-state index contributed by atoms with van der Waals surface area (Å²) >= 11 is 0. The van der Waals surface area contributed by atoms with Crippen LogP contribution in [-0.2, 0) is 6.61 Å². The van der Waals surface area contributed by atoms with E-state index < -0.39 is 5.54 Å². The van der Waals surface area contributed by atoms with Gasteiger partial charge in [-0.2, -0.15) is 0 Å². The molecule has 1 saturated carbocycles. The number of hydrogen-bond donors (Lipinski definition) is 3. The summed E-state index contributed by atoms with van der Waals surface area (Å²) in [4.78, 5) is 0. The van der Waals surface area contributed by atoms with Gasteiger partial charge in [0.1, 0.15) is 5.75 Å². The topological polar surface area (TPSA) is 75.7 Å². The molecule has 2 rings (SSSR count). The molecular weight excluding hydrogens is 242 g/mol. The number of benzene rings is 1. The molecule has 2 atom stereocenters. The van der Waals surface area contributed by atoms with Crippen LogP contribution in [0.15, 0.2) is 24.3 Å². The maximum atomic E-state index is 9.40. The second-order valence-corrected chi connectivity index (χ2v) is 5.38. The molecule has 4 nitrogen and oxygen atoms in total. The molecule has 0 heterocycles. The predicted molar refractivity (Wildman–Crippen MR) is 73.8 cm³/mol. The van der Waals surface area contributed by atoms with Gasteiger partial charge in [0, 0.05) is 11.1 Å². The van der Waals surface area contributed by atoms with Gasteiger partial charge in [-0.3, -0.25) is 0 Å². The van der Waals surface area contributed by atoms with Gasteiger partial charge >= 0.3 is 0 Å². The second kappa shape index (κ2) is 6.37. The van der Waals surface area contributed by atoms with Crippen LogP contribution in [0.2, 0.25) is 0 Å². The van der Waals surface area contributed by atoms with Crippen LogP contribution in [0.25, 0.3) is 0 Å². The Kier molecular flexibility index (Phi) is 4.80. The number of ether oxygens (including phenoxy) is 1. The van der Waals surface area contributed by atoms with Crippen molar-refractivity contribution in [3.63, 3.8) is 0 Å². The van der Waals surface area contributed by atoms with E-state index in [2.05, 4.69) is 0 Å². The van der Waals surface area contributed by atoms with E-state index in [4.69, 9.17) is 10.5 Å². The minimum atomic E-state index is -0.431. The monoisotopic (exact) mass is 265 g/mol. The van der Waals surface area contributed by atoms with Gasteiger partial charge < -0.3 is 20.7 Å². The summed E-state index contributed by atoms with van der Waals surface area (Å²) in [6.07, 6.45) is 3.87. The summed E-state index contributed by atoms with van der Waals surface area (Å²) in [6, 6.07) is 7.49. The van der Waals surface area contributed by atoms with Crippen LogP contribution in [0.3, 0.4) is 0 Å². The fraction of sp³-hybridized carbons (Fsp3) is 0.600. The normalized spacial score (nSPS) is 26.6. The highest BCUT2D eigenvalue weighted by molar-refractivity contribution is 5.32. The second-order valence-electron chi connectivity index (χ2n) is 5.38. The molecule has 106 valence electrons. The maximum Gasteiger partial charge on any atom is 0.124 e. The van der Waals surface area contributed by atoms with Crippen molar-refractivity contribution in [1.82, 2.24) is 0 Å². The predicted octanol–water partition coefficient (Wildman–Crippen LogP) is 1.44. The third-order valence-electron chi connectivity index (χ3n) is 4.17. The summed E-state index contributed by atoms with van der Waals surface area (Å²) in [5.74, 6) is 1.05. The van der Waals surface area contributed by atoms with Crippen LogP contribution in [-0.4, -0.2) is 29.0 Å². The summed E-state index contributed by atoms with van der Waals surface area (Å²) in [5, 5.41) is 18.6. The molecule has 19 heavy (non-hydrogen) atoms. The molecular formula is C15H23NO3. The van der Waals surface area contributed by atoms with Gasteiger partial charge in [0.05, 0.1) is 19.8 Å². The molecule has 1 aliphatic rings. The minimum absolute atomic E-state index is 0.0168. The first-order chi connectivity index (χ1) is 9.19. The van der Waals surface area contributed by atoms with E-state index in [1.807, 2.05) is 24.3 Å².